The van der Waals surface area contributed by atoms with Gasteiger partial charge in [-0.25, -0.2) is 0 Å². The lowest BCUT2D eigenvalue weighted by Crippen LogP contribution is -2.23. The molecule has 0 saturated heterocycles. The topological polar surface area (TPSA) is 71.1 Å². The van der Waals surface area contributed by atoms with Crippen LogP contribution in [-0.4, -0.2) is 16.8 Å². The number of pyridine rings is 1. The molecule has 3 aromatic rings. The first-order valence-electron chi connectivity index (χ1n) is 8.83. The van der Waals surface area contributed by atoms with Crippen molar-refractivity contribution in [1.82, 2.24) is 10.3 Å². The Balaban J connectivity index is 1.64. The zero-order valence-electron chi connectivity index (χ0n) is 15.1. The number of nitrogens with zero attached hydrogens (tertiary/aromatic N) is 1. The molecule has 0 spiro atoms. The van der Waals surface area contributed by atoms with E-state index in [1.165, 1.54) is 5.56 Å². The number of anilines is 1. The SMILES string of the molecule is CCc1ccc(NC(=O)c2cccc(C(=O)NCc3ccncc3)c2)cc1. The van der Waals surface area contributed by atoms with Crippen molar-refractivity contribution in [3.63, 3.8) is 0 Å². The molecular weight excluding hydrogens is 338 g/mol. The van der Waals surface area contributed by atoms with Gasteiger partial charge in [-0.05, 0) is 60.0 Å². The number of aryl methyl sites for hydroxylation is 1. The molecule has 0 atom stereocenters. The third kappa shape index (κ3) is 5.01. The Hall–Kier alpha value is -3.47. The predicted molar refractivity (Wildman–Crippen MR) is 106 cm³/mol. The molecule has 0 aliphatic carbocycles. The average Bonchev–Trinajstić information content (AvgIpc) is 2.73. The molecule has 2 aromatic carbocycles. The first-order valence-corrected chi connectivity index (χ1v) is 8.83. The number of hydrogen-bond acceptors (Lipinski definition) is 3. The van der Waals surface area contributed by atoms with Gasteiger partial charge in [0.15, 0.2) is 0 Å². The molecule has 0 saturated carbocycles. The van der Waals surface area contributed by atoms with Crippen molar-refractivity contribution in [3.8, 4) is 0 Å². The molecule has 136 valence electrons. The van der Waals surface area contributed by atoms with Crippen LogP contribution in [0.15, 0.2) is 73.1 Å². The van der Waals surface area contributed by atoms with E-state index in [-0.39, 0.29) is 11.8 Å². The van der Waals surface area contributed by atoms with E-state index in [0.717, 1.165) is 17.7 Å². The van der Waals surface area contributed by atoms with Gasteiger partial charge in [-0.15, -0.1) is 0 Å². The first-order chi connectivity index (χ1) is 13.2. The van der Waals surface area contributed by atoms with Crippen LogP contribution in [0, 0.1) is 0 Å². The molecule has 5 heteroatoms. The Kier molecular flexibility index (Phi) is 5.94. The fourth-order valence-corrected chi connectivity index (χ4v) is 2.61. The molecule has 2 N–H and O–H groups in total. The highest BCUT2D eigenvalue weighted by Gasteiger charge is 2.11. The second kappa shape index (κ2) is 8.76. The van der Waals surface area contributed by atoms with Crippen LogP contribution in [-0.2, 0) is 13.0 Å². The van der Waals surface area contributed by atoms with Crippen LogP contribution in [0.2, 0.25) is 0 Å². The van der Waals surface area contributed by atoms with Gasteiger partial charge in [0, 0.05) is 35.8 Å². The molecule has 27 heavy (non-hydrogen) atoms. The number of hydrogen-bond donors (Lipinski definition) is 2. The summed E-state index contributed by atoms with van der Waals surface area (Å²) in [5, 5.41) is 5.70. The van der Waals surface area contributed by atoms with Gasteiger partial charge in [0.05, 0.1) is 0 Å². The zero-order valence-corrected chi connectivity index (χ0v) is 15.1. The quantitative estimate of drug-likeness (QED) is 0.703. The van der Waals surface area contributed by atoms with Crippen LogP contribution < -0.4 is 10.6 Å². The Labute approximate surface area is 158 Å². The summed E-state index contributed by atoms with van der Waals surface area (Å²) in [6.07, 6.45) is 4.31. The van der Waals surface area contributed by atoms with Gasteiger partial charge in [0.2, 0.25) is 0 Å². The molecule has 1 aromatic heterocycles. The van der Waals surface area contributed by atoms with Crippen LogP contribution >= 0.6 is 0 Å². The second-order valence-corrected chi connectivity index (χ2v) is 6.12. The van der Waals surface area contributed by atoms with Gasteiger partial charge >= 0.3 is 0 Å². The van der Waals surface area contributed by atoms with Crippen molar-refractivity contribution in [3.05, 3.63) is 95.3 Å². The summed E-state index contributed by atoms with van der Waals surface area (Å²) in [4.78, 5) is 28.8. The van der Waals surface area contributed by atoms with Gasteiger partial charge in [0.1, 0.15) is 0 Å². The van der Waals surface area contributed by atoms with E-state index < -0.39 is 0 Å². The summed E-state index contributed by atoms with van der Waals surface area (Å²) in [7, 11) is 0. The Morgan fingerprint density at radius 3 is 2.19 bits per heavy atom. The highest BCUT2D eigenvalue weighted by atomic mass is 16.2. The monoisotopic (exact) mass is 359 g/mol. The van der Waals surface area contributed by atoms with Gasteiger partial charge in [-0.2, -0.15) is 0 Å². The number of carbonyl (C=O) groups is 2. The molecule has 5 nitrogen and oxygen atoms in total. The number of carbonyl (C=O) groups excluding carboxylic acids is 2. The first kappa shape index (κ1) is 18.3. The maximum Gasteiger partial charge on any atom is 0.255 e. The van der Waals surface area contributed by atoms with E-state index in [2.05, 4.69) is 22.5 Å². The molecule has 0 radical (unpaired) electrons. The van der Waals surface area contributed by atoms with E-state index >= 15 is 0 Å². The highest BCUT2D eigenvalue weighted by molar-refractivity contribution is 6.06. The number of amides is 2. The Morgan fingerprint density at radius 1 is 0.852 bits per heavy atom. The number of nitrogens with one attached hydrogen (secondary N) is 2. The van der Waals surface area contributed by atoms with Crippen molar-refractivity contribution in [1.29, 1.82) is 0 Å². The van der Waals surface area contributed by atoms with E-state index in [0.29, 0.717) is 17.7 Å². The Bertz CT molecular complexity index is 922. The molecule has 3 rings (SSSR count). The summed E-state index contributed by atoms with van der Waals surface area (Å²) < 4.78 is 0. The van der Waals surface area contributed by atoms with Crippen LogP contribution in [0.3, 0.4) is 0 Å². The minimum absolute atomic E-state index is 0.228. The number of aromatic nitrogens is 1. The van der Waals surface area contributed by atoms with E-state index in [1.807, 2.05) is 36.4 Å². The number of rotatable bonds is 6. The standard InChI is InChI=1S/C22H21N3O2/c1-2-16-6-8-20(9-7-16)25-22(27)19-5-3-4-18(14-19)21(26)24-15-17-10-12-23-13-11-17/h3-14H,2,15H2,1H3,(H,24,26)(H,25,27). The lowest BCUT2D eigenvalue weighted by Gasteiger charge is -2.08. The highest BCUT2D eigenvalue weighted by Crippen LogP contribution is 2.13. The van der Waals surface area contributed by atoms with E-state index in [4.69, 9.17) is 0 Å². The fourth-order valence-electron chi connectivity index (χ4n) is 2.61. The van der Waals surface area contributed by atoms with Crippen molar-refractivity contribution >= 4 is 17.5 Å². The molecule has 0 bridgehead atoms. The molecule has 0 aliphatic heterocycles. The summed E-state index contributed by atoms with van der Waals surface area (Å²) >= 11 is 0. The van der Waals surface area contributed by atoms with Crippen molar-refractivity contribution < 1.29 is 9.59 Å². The molecule has 1 heterocycles. The fraction of sp³-hybridized carbons (Fsp3) is 0.136. The third-order valence-electron chi connectivity index (χ3n) is 4.21. The smallest absolute Gasteiger partial charge is 0.255 e. The molecule has 0 unspecified atom stereocenters. The van der Waals surface area contributed by atoms with Gasteiger partial charge in [0.25, 0.3) is 11.8 Å². The van der Waals surface area contributed by atoms with E-state index in [9.17, 15) is 9.59 Å². The normalized spacial score (nSPS) is 10.3. The minimum atomic E-state index is -0.247. The maximum absolute atomic E-state index is 12.5. The minimum Gasteiger partial charge on any atom is -0.348 e. The van der Waals surface area contributed by atoms with Crippen LogP contribution in [0.5, 0.6) is 0 Å². The van der Waals surface area contributed by atoms with Crippen LogP contribution in [0.1, 0.15) is 38.8 Å². The van der Waals surface area contributed by atoms with Gasteiger partial charge in [-0.3, -0.25) is 14.6 Å². The number of benzene rings is 2. The van der Waals surface area contributed by atoms with Crippen LogP contribution in [0.25, 0.3) is 0 Å². The summed E-state index contributed by atoms with van der Waals surface area (Å²) in [6.45, 7) is 2.49. The Morgan fingerprint density at radius 2 is 1.52 bits per heavy atom. The predicted octanol–water partition coefficient (Wildman–Crippen LogP) is 3.83. The molecular formula is C22H21N3O2. The van der Waals surface area contributed by atoms with Gasteiger partial charge < -0.3 is 10.6 Å². The molecule has 0 aliphatic rings. The lowest BCUT2D eigenvalue weighted by atomic mass is 10.1. The maximum atomic E-state index is 12.5. The van der Waals surface area contributed by atoms with Crippen molar-refractivity contribution in [2.24, 2.45) is 0 Å². The summed E-state index contributed by atoms with van der Waals surface area (Å²) in [5.74, 6) is -0.475. The lowest BCUT2D eigenvalue weighted by molar-refractivity contribution is 0.0951. The van der Waals surface area contributed by atoms with Crippen molar-refractivity contribution in [2.45, 2.75) is 19.9 Å². The summed E-state index contributed by atoms with van der Waals surface area (Å²) in [6, 6.07) is 18.1. The van der Waals surface area contributed by atoms with Gasteiger partial charge in [-0.1, -0.05) is 25.1 Å². The largest absolute Gasteiger partial charge is 0.348 e. The van der Waals surface area contributed by atoms with Crippen molar-refractivity contribution in [2.75, 3.05) is 5.32 Å². The second-order valence-electron chi connectivity index (χ2n) is 6.12. The molecule has 2 amide bonds. The molecule has 0 fully saturated rings. The average molecular weight is 359 g/mol. The third-order valence-corrected chi connectivity index (χ3v) is 4.21. The van der Waals surface area contributed by atoms with E-state index in [1.54, 1.807) is 36.7 Å². The zero-order chi connectivity index (χ0) is 19.1. The van der Waals surface area contributed by atoms with Crippen LogP contribution in [0.4, 0.5) is 5.69 Å². The summed E-state index contributed by atoms with van der Waals surface area (Å²) in [5.41, 5.74) is 3.78.